The molecule has 1 unspecified atom stereocenters. The quantitative estimate of drug-likeness (QED) is 0.202. The highest BCUT2D eigenvalue weighted by atomic mass is 32.1. The number of hydrogen-bond acceptors (Lipinski definition) is 8. The molecule has 0 fully saturated rings. The first kappa shape index (κ1) is 26.9. The summed E-state index contributed by atoms with van der Waals surface area (Å²) in [6, 6.07) is 20.3. The summed E-state index contributed by atoms with van der Waals surface area (Å²) in [7, 11) is 0. The molecule has 9 heteroatoms. The van der Waals surface area contributed by atoms with Crippen LogP contribution in [0.15, 0.2) is 78.1 Å². The van der Waals surface area contributed by atoms with Crippen LogP contribution in [0.25, 0.3) is 10.2 Å². The standard InChI is InChI=1S/C32H27N3O4S2/c1-17-14-18(2)26-24(15-17)41-32(34-26)35-27(22-10-12-23(13-11-22)39-16-21-8-6-5-7-9-21)25(29(37)31(35)38)28(36)30-19(3)33-20(4)40-30/h5-15,27,37H,16H2,1-4H3. The predicted octanol–water partition coefficient (Wildman–Crippen LogP) is 7.35. The van der Waals surface area contributed by atoms with Gasteiger partial charge in [-0.25, -0.2) is 9.97 Å². The zero-order chi connectivity index (χ0) is 28.8. The first-order valence-electron chi connectivity index (χ1n) is 13.1. The van der Waals surface area contributed by atoms with Crippen LogP contribution in [0.5, 0.6) is 5.75 Å². The van der Waals surface area contributed by atoms with Crippen molar-refractivity contribution in [3.8, 4) is 5.75 Å². The Morgan fingerprint density at radius 3 is 2.39 bits per heavy atom. The molecule has 5 aromatic rings. The van der Waals surface area contributed by atoms with Crippen LogP contribution in [0.3, 0.4) is 0 Å². The van der Waals surface area contributed by atoms with Crippen molar-refractivity contribution in [1.82, 2.24) is 9.97 Å². The maximum absolute atomic E-state index is 13.9. The van der Waals surface area contributed by atoms with E-state index in [1.807, 2.05) is 87.5 Å². The average Bonchev–Trinajstić information content (AvgIpc) is 3.61. The summed E-state index contributed by atoms with van der Waals surface area (Å²) in [6.45, 7) is 7.99. The van der Waals surface area contributed by atoms with Crippen molar-refractivity contribution >= 4 is 49.7 Å². The number of anilines is 1. The smallest absolute Gasteiger partial charge is 0.296 e. The molecule has 1 aliphatic rings. The summed E-state index contributed by atoms with van der Waals surface area (Å²) >= 11 is 2.62. The Balaban J connectivity index is 1.42. The van der Waals surface area contributed by atoms with E-state index in [1.54, 1.807) is 6.92 Å². The van der Waals surface area contributed by atoms with Gasteiger partial charge in [-0.05, 0) is 68.1 Å². The highest BCUT2D eigenvalue weighted by Gasteiger charge is 2.46. The maximum Gasteiger partial charge on any atom is 0.296 e. The Hall–Kier alpha value is -4.34. The van der Waals surface area contributed by atoms with Crippen LogP contribution >= 0.6 is 22.7 Å². The van der Waals surface area contributed by atoms with Gasteiger partial charge in [-0.3, -0.25) is 14.5 Å². The van der Waals surface area contributed by atoms with Crippen molar-refractivity contribution in [3.05, 3.63) is 116 Å². The van der Waals surface area contributed by atoms with E-state index in [2.05, 4.69) is 4.98 Å². The number of ketones is 1. The Kier molecular flexibility index (Phi) is 6.93. The van der Waals surface area contributed by atoms with Crippen molar-refractivity contribution in [3.63, 3.8) is 0 Å². The van der Waals surface area contributed by atoms with Crippen LogP contribution < -0.4 is 9.64 Å². The largest absolute Gasteiger partial charge is 0.503 e. The zero-order valence-corrected chi connectivity index (χ0v) is 24.6. The molecular weight excluding hydrogens is 555 g/mol. The van der Waals surface area contributed by atoms with E-state index in [4.69, 9.17) is 9.72 Å². The van der Waals surface area contributed by atoms with E-state index in [9.17, 15) is 14.7 Å². The molecule has 0 saturated heterocycles. The van der Waals surface area contributed by atoms with Gasteiger partial charge in [0, 0.05) is 0 Å². The first-order chi connectivity index (χ1) is 19.7. The lowest BCUT2D eigenvalue weighted by molar-refractivity contribution is -0.117. The third-order valence-electron chi connectivity index (χ3n) is 7.03. The topological polar surface area (TPSA) is 92.6 Å². The second-order valence-electron chi connectivity index (χ2n) is 10.1. The number of carbonyl (C=O) groups excluding carboxylic acids is 2. The van der Waals surface area contributed by atoms with Crippen molar-refractivity contribution in [2.45, 2.75) is 40.3 Å². The summed E-state index contributed by atoms with van der Waals surface area (Å²) in [4.78, 5) is 38.6. The van der Waals surface area contributed by atoms with E-state index < -0.39 is 23.5 Å². The summed E-state index contributed by atoms with van der Waals surface area (Å²) < 4.78 is 6.90. The fourth-order valence-corrected chi connectivity index (χ4v) is 7.21. The molecule has 0 saturated carbocycles. The molecule has 2 aromatic heterocycles. The lowest BCUT2D eigenvalue weighted by atomic mass is 9.95. The van der Waals surface area contributed by atoms with Crippen molar-refractivity contribution in [2.75, 3.05) is 4.90 Å². The van der Waals surface area contributed by atoms with Gasteiger partial charge in [0.25, 0.3) is 5.91 Å². The molecule has 0 spiro atoms. The van der Waals surface area contributed by atoms with E-state index in [0.29, 0.717) is 33.6 Å². The Labute approximate surface area is 245 Å². The van der Waals surface area contributed by atoms with Gasteiger partial charge in [0.05, 0.1) is 37.4 Å². The molecule has 1 atom stereocenters. The fraction of sp³-hybridized carbons (Fsp3) is 0.188. The lowest BCUT2D eigenvalue weighted by Gasteiger charge is -2.24. The van der Waals surface area contributed by atoms with E-state index in [0.717, 1.165) is 31.9 Å². The molecule has 3 aromatic carbocycles. The molecule has 7 nitrogen and oxygen atoms in total. The van der Waals surface area contributed by atoms with Gasteiger partial charge < -0.3 is 9.84 Å². The Bertz CT molecular complexity index is 1840. The Morgan fingerprint density at radius 2 is 1.71 bits per heavy atom. The summed E-state index contributed by atoms with van der Waals surface area (Å²) in [5, 5.41) is 12.3. The van der Waals surface area contributed by atoms with Crippen molar-refractivity contribution < 1.29 is 19.4 Å². The number of nitrogens with zero attached hydrogens (tertiary/aromatic N) is 3. The highest BCUT2D eigenvalue weighted by Crippen LogP contribution is 2.45. The van der Waals surface area contributed by atoms with Crippen LogP contribution in [0, 0.1) is 27.7 Å². The van der Waals surface area contributed by atoms with Crippen LogP contribution in [-0.2, 0) is 11.4 Å². The molecule has 1 amide bonds. The molecule has 0 aliphatic carbocycles. The lowest BCUT2D eigenvalue weighted by Crippen LogP contribution is -2.31. The monoisotopic (exact) mass is 581 g/mol. The van der Waals surface area contributed by atoms with Gasteiger partial charge in [-0.15, -0.1) is 11.3 Å². The molecule has 0 bridgehead atoms. The van der Waals surface area contributed by atoms with Crippen molar-refractivity contribution in [2.24, 2.45) is 0 Å². The van der Waals surface area contributed by atoms with Gasteiger partial charge in [-0.2, -0.15) is 0 Å². The molecule has 0 radical (unpaired) electrons. The Morgan fingerprint density at radius 1 is 0.976 bits per heavy atom. The number of amides is 1. The molecule has 41 heavy (non-hydrogen) atoms. The molecule has 1 aliphatic heterocycles. The number of rotatable bonds is 7. The normalized spacial score (nSPS) is 15.3. The number of benzene rings is 3. The third kappa shape index (κ3) is 4.92. The van der Waals surface area contributed by atoms with Gasteiger partial charge in [-0.1, -0.05) is 59.9 Å². The van der Waals surface area contributed by atoms with E-state index in [1.165, 1.54) is 27.6 Å². The number of thiazole rings is 2. The number of ether oxygens (including phenoxy) is 1. The van der Waals surface area contributed by atoms with Gasteiger partial charge in [0.15, 0.2) is 10.9 Å². The molecular formula is C32H27N3O4S2. The van der Waals surface area contributed by atoms with Crippen LogP contribution in [0.1, 0.15) is 48.7 Å². The minimum absolute atomic E-state index is 0.0202. The molecule has 206 valence electrons. The second-order valence-corrected chi connectivity index (χ2v) is 12.3. The van der Waals surface area contributed by atoms with Gasteiger partial charge >= 0.3 is 0 Å². The van der Waals surface area contributed by atoms with E-state index in [-0.39, 0.29) is 5.57 Å². The predicted molar refractivity (Wildman–Crippen MR) is 162 cm³/mol. The number of aryl methyl sites for hydroxylation is 4. The number of fused-ring (bicyclic) bond motifs is 1. The summed E-state index contributed by atoms with van der Waals surface area (Å²) in [5.74, 6) is -0.990. The average molecular weight is 582 g/mol. The number of hydrogen-bond donors (Lipinski definition) is 1. The molecule has 1 N–H and O–H groups in total. The number of carbonyl (C=O) groups is 2. The third-order valence-corrected chi connectivity index (χ3v) is 9.10. The van der Waals surface area contributed by atoms with Crippen LogP contribution in [0.4, 0.5) is 5.13 Å². The van der Waals surface area contributed by atoms with Gasteiger partial charge in [0.1, 0.15) is 12.4 Å². The SMILES string of the molecule is Cc1cc(C)c2nc(N3C(=O)C(O)=C(C(=O)c4sc(C)nc4C)C3c3ccc(OCc4ccccc4)cc3)sc2c1. The summed E-state index contributed by atoms with van der Waals surface area (Å²) in [6.07, 6.45) is 0. The van der Waals surface area contributed by atoms with Crippen molar-refractivity contribution in [1.29, 1.82) is 0 Å². The zero-order valence-electron chi connectivity index (χ0n) is 23.0. The number of aliphatic hydroxyl groups is 1. The van der Waals surface area contributed by atoms with Crippen LogP contribution in [0.2, 0.25) is 0 Å². The fourth-order valence-electron chi connectivity index (χ4n) is 5.16. The minimum atomic E-state index is -0.873. The molecule has 3 heterocycles. The highest BCUT2D eigenvalue weighted by molar-refractivity contribution is 7.22. The number of aromatic nitrogens is 2. The van der Waals surface area contributed by atoms with Crippen LogP contribution in [-0.4, -0.2) is 26.8 Å². The summed E-state index contributed by atoms with van der Waals surface area (Å²) in [5.41, 5.74) is 5.17. The minimum Gasteiger partial charge on any atom is -0.503 e. The number of Topliss-reactive ketones (excluding diaryl/α,β-unsaturated/α-hetero) is 1. The number of aliphatic hydroxyl groups excluding tert-OH is 1. The second kappa shape index (κ2) is 10.6. The molecule has 6 rings (SSSR count). The maximum atomic E-state index is 13.9. The van der Waals surface area contributed by atoms with Gasteiger partial charge in [0.2, 0.25) is 5.78 Å². The van der Waals surface area contributed by atoms with E-state index >= 15 is 0 Å². The first-order valence-corrected chi connectivity index (χ1v) is 14.7.